The first kappa shape index (κ1) is 16.9. The number of nitrogens with one attached hydrogen (secondary N) is 1. The molecular formula is C16H19FN2O4. The molecule has 0 radical (unpaired) electrons. The number of hydrogen-bond donors (Lipinski definition) is 1. The van der Waals surface area contributed by atoms with E-state index in [2.05, 4.69) is 5.32 Å². The van der Waals surface area contributed by atoms with Gasteiger partial charge in [-0.1, -0.05) is 0 Å². The van der Waals surface area contributed by atoms with Crippen LogP contribution in [-0.2, 0) is 19.1 Å². The van der Waals surface area contributed by atoms with Crippen molar-refractivity contribution in [3.63, 3.8) is 0 Å². The summed E-state index contributed by atoms with van der Waals surface area (Å²) in [6.07, 6.45) is 0.961. The van der Waals surface area contributed by atoms with Crippen LogP contribution in [0.15, 0.2) is 24.3 Å². The lowest BCUT2D eigenvalue weighted by molar-refractivity contribution is -0.152. The lowest BCUT2D eigenvalue weighted by atomic mass is 9.97. The highest BCUT2D eigenvalue weighted by molar-refractivity contribution is 6.39. The predicted molar refractivity (Wildman–Crippen MR) is 81.0 cm³/mol. The number of carbonyl (C=O) groups excluding carboxylic acids is 3. The maximum absolute atomic E-state index is 12.8. The van der Waals surface area contributed by atoms with Crippen LogP contribution >= 0.6 is 0 Å². The zero-order valence-electron chi connectivity index (χ0n) is 12.9. The fourth-order valence-electron chi connectivity index (χ4n) is 2.44. The third-order valence-electron chi connectivity index (χ3n) is 3.70. The number of carbonyl (C=O) groups is 3. The SMILES string of the molecule is CCOC(=O)C1CCN(C(=O)C(=O)Nc2ccc(F)cc2)CC1. The second kappa shape index (κ2) is 7.71. The van der Waals surface area contributed by atoms with Gasteiger partial charge in [-0.25, -0.2) is 4.39 Å². The standard InChI is InChI=1S/C16H19FN2O4/c1-2-23-16(22)11-7-9-19(10-8-11)15(21)14(20)18-13-5-3-12(17)4-6-13/h3-6,11H,2,7-10H2,1H3,(H,18,20). The fourth-order valence-corrected chi connectivity index (χ4v) is 2.44. The van der Waals surface area contributed by atoms with Crippen molar-refractivity contribution in [1.82, 2.24) is 4.90 Å². The van der Waals surface area contributed by atoms with E-state index in [1.54, 1.807) is 6.92 Å². The van der Waals surface area contributed by atoms with Crippen LogP contribution in [0.3, 0.4) is 0 Å². The third-order valence-corrected chi connectivity index (χ3v) is 3.70. The summed E-state index contributed by atoms with van der Waals surface area (Å²) < 4.78 is 17.8. The van der Waals surface area contributed by atoms with Crippen LogP contribution in [0, 0.1) is 11.7 Å². The van der Waals surface area contributed by atoms with Crippen LogP contribution in [0.1, 0.15) is 19.8 Å². The molecule has 7 heteroatoms. The lowest BCUT2D eigenvalue weighted by Crippen LogP contribution is -2.45. The first-order valence-corrected chi connectivity index (χ1v) is 7.53. The molecule has 0 unspecified atom stereocenters. The monoisotopic (exact) mass is 322 g/mol. The Bertz CT molecular complexity index is 580. The molecule has 6 nitrogen and oxygen atoms in total. The number of piperidine rings is 1. The Labute approximate surface area is 133 Å². The topological polar surface area (TPSA) is 75.7 Å². The fraction of sp³-hybridized carbons (Fsp3) is 0.438. The minimum Gasteiger partial charge on any atom is -0.466 e. The molecule has 2 rings (SSSR count). The molecule has 1 fully saturated rings. The summed E-state index contributed by atoms with van der Waals surface area (Å²) in [4.78, 5) is 37.1. The van der Waals surface area contributed by atoms with Crippen molar-refractivity contribution in [2.24, 2.45) is 5.92 Å². The molecule has 0 atom stereocenters. The molecule has 0 saturated carbocycles. The number of halogens is 1. The van der Waals surface area contributed by atoms with Crippen molar-refractivity contribution in [1.29, 1.82) is 0 Å². The van der Waals surface area contributed by atoms with Gasteiger partial charge in [0.05, 0.1) is 12.5 Å². The molecule has 23 heavy (non-hydrogen) atoms. The van der Waals surface area contributed by atoms with E-state index >= 15 is 0 Å². The summed E-state index contributed by atoms with van der Waals surface area (Å²) in [7, 11) is 0. The van der Waals surface area contributed by atoms with E-state index in [1.807, 2.05) is 0 Å². The normalized spacial score (nSPS) is 15.1. The van der Waals surface area contributed by atoms with Gasteiger partial charge in [0.2, 0.25) is 0 Å². The molecule has 1 aliphatic heterocycles. The van der Waals surface area contributed by atoms with Crippen molar-refractivity contribution >= 4 is 23.5 Å². The average Bonchev–Trinajstić information content (AvgIpc) is 2.56. The highest BCUT2D eigenvalue weighted by Gasteiger charge is 2.30. The van der Waals surface area contributed by atoms with Crippen LogP contribution in [0.2, 0.25) is 0 Å². The van der Waals surface area contributed by atoms with Crippen LogP contribution < -0.4 is 5.32 Å². The van der Waals surface area contributed by atoms with E-state index in [9.17, 15) is 18.8 Å². The Morgan fingerprint density at radius 3 is 2.39 bits per heavy atom. The molecule has 0 bridgehead atoms. The van der Waals surface area contributed by atoms with Crippen LogP contribution in [0.5, 0.6) is 0 Å². The second-order valence-electron chi connectivity index (χ2n) is 5.28. The minimum atomic E-state index is -0.772. The smallest absolute Gasteiger partial charge is 0.313 e. The van der Waals surface area contributed by atoms with Gasteiger partial charge < -0.3 is 15.0 Å². The summed E-state index contributed by atoms with van der Waals surface area (Å²) in [6, 6.07) is 5.16. The van der Waals surface area contributed by atoms with Gasteiger partial charge >= 0.3 is 17.8 Å². The summed E-state index contributed by atoms with van der Waals surface area (Å²) >= 11 is 0. The van der Waals surface area contributed by atoms with E-state index in [4.69, 9.17) is 4.74 Å². The summed E-state index contributed by atoms with van der Waals surface area (Å²) in [5.74, 6) is -2.33. The zero-order chi connectivity index (χ0) is 16.8. The van der Waals surface area contributed by atoms with Gasteiger partial charge in [-0.15, -0.1) is 0 Å². The molecule has 1 saturated heterocycles. The highest BCUT2D eigenvalue weighted by Crippen LogP contribution is 2.19. The van der Waals surface area contributed by atoms with Crippen molar-refractivity contribution in [3.8, 4) is 0 Å². The lowest BCUT2D eigenvalue weighted by Gasteiger charge is -2.30. The number of esters is 1. The number of nitrogens with zero attached hydrogens (tertiary/aromatic N) is 1. The summed E-state index contributed by atoms with van der Waals surface area (Å²) in [6.45, 7) is 2.74. The largest absolute Gasteiger partial charge is 0.466 e. The van der Waals surface area contributed by atoms with Crippen LogP contribution in [-0.4, -0.2) is 42.4 Å². The number of ether oxygens (including phenoxy) is 1. The predicted octanol–water partition coefficient (Wildman–Crippen LogP) is 1.57. The van der Waals surface area contributed by atoms with Crippen LogP contribution in [0.25, 0.3) is 0 Å². The Hall–Kier alpha value is -2.44. The molecule has 124 valence electrons. The van der Waals surface area contributed by atoms with E-state index < -0.39 is 17.6 Å². The van der Waals surface area contributed by atoms with Gasteiger partial charge in [0.25, 0.3) is 0 Å². The van der Waals surface area contributed by atoms with Gasteiger partial charge in [-0.05, 0) is 44.0 Å². The van der Waals surface area contributed by atoms with Gasteiger partial charge in [0.1, 0.15) is 5.82 Å². The Morgan fingerprint density at radius 1 is 1.22 bits per heavy atom. The first-order chi connectivity index (χ1) is 11.0. The van der Waals surface area contributed by atoms with Crippen molar-refractivity contribution < 1.29 is 23.5 Å². The molecule has 1 heterocycles. The minimum absolute atomic E-state index is 0.223. The summed E-state index contributed by atoms with van der Waals surface area (Å²) in [5, 5.41) is 2.43. The number of likely N-dealkylation sites (tertiary alicyclic amines) is 1. The quantitative estimate of drug-likeness (QED) is 0.677. The van der Waals surface area contributed by atoms with E-state index in [0.717, 1.165) is 0 Å². The van der Waals surface area contributed by atoms with Gasteiger partial charge in [-0.3, -0.25) is 14.4 Å². The molecule has 0 aromatic heterocycles. The molecule has 0 spiro atoms. The van der Waals surface area contributed by atoms with Crippen molar-refractivity contribution in [3.05, 3.63) is 30.1 Å². The van der Waals surface area contributed by atoms with Crippen molar-refractivity contribution in [2.45, 2.75) is 19.8 Å². The molecule has 1 aromatic rings. The number of anilines is 1. The van der Waals surface area contributed by atoms with Gasteiger partial charge in [-0.2, -0.15) is 0 Å². The van der Waals surface area contributed by atoms with Gasteiger partial charge in [0, 0.05) is 18.8 Å². The molecule has 1 aliphatic rings. The van der Waals surface area contributed by atoms with E-state index in [-0.39, 0.29) is 11.9 Å². The van der Waals surface area contributed by atoms with Crippen molar-refractivity contribution in [2.75, 3.05) is 25.0 Å². The Kier molecular flexibility index (Phi) is 5.67. The van der Waals surface area contributed by atoms with E-state index in [1.165, 1.54) is 29.2 Å². The molecular weight excluding hydrogens is 303 g/mol. The van der Waals surface area contributed by atoms with Gasteiger partial charge in [0.15, 0.2) is 0 Å². The highest BCUT2D eigenvalue weighted by atomic mass is 19.1. The number of hydrogen-bond acceptors (Lipinski definition) is 4. The van der Waals surface area contributed by atoms with E-state index in [0.29, 0.717) is 38.2 Å². The molecule has 2 amide bonds. The third kappa shape index (κ3) is 4.51. The Balaban J connectivity index is 1.85. The summed E-state index contributed by atoms with van der Waals surface area (Å²) in [5.41, 5.74) is 0.353. The number of rotatable bonds is 3. The number of amides is 2. The molecule has 1 N–H and O–H groups in total. The van der Waals surface area contributed by atoms with Crippen LogP contribution in [0.4, 0.5) is 10.1 Å². The average molecular weight is 322 g/mol. The first-order valence-electron chi connectivity index (χ1n) is 7.53. The molecule has 0 aliphatic carbocycles. The zero-order valence-corrected chi connectivity index (χ0v) is 12.9. The maximum Gasteiger partial charge on any atom is 0.313 e. The molecule has 1 aromatic carbocycles. The maximum atomic E-state index is 12.8. The Morgan fingerprint density at radius 2 is 1.83 bits per heavy atom. The second-order valence-corrected chi connectivity index (χ2v) is 5.28. The number of benzene rings is 1.